The second kappa shape index (κ2) is 10.5. The molecule has 0 spiro atoms. The molecule has 0 saturated carbocycles. The van der Waals surface area contributed by atoms with Crippen molar-refractivity contribution in [3.05, 3.63) is 123 Å². The predicted molar refractivity (Wildman–Crippen MR) is 192 cm³/mol. The highest BCUT2D eigenvalue weighted by Gasteiger charge is 2.26. The molecule has 8 bridgehead atoms. The van der Waals surface area contributed by atoms with Gasteiger partial charge in [0.1, 0.15) is 0 Å². The summed E-state index contributed by atoms with van der Waals surface area (Å²) in [6.45, 7) is 0. The van der Waals surface area contributed by atoms with Crippen LogP contribution in [0.1, 0.15) is 22.8 Å². The Morgan fingerprint density at radius 1 is 0.523 bits per heavy atom. The third-order valence-electron chi connectivity index (χ3n) is 7.70. The zero-order valence-corrected chi connectivity index (χ0v) is 26.4. The summed E-state index contributed by atoms with van der Waals surface area (Å²) in [5.41, 5.74) is 11.5. The molecule has 0 unspecified atom stereocenters. The summed E-state index contributed by atoms with van der Waals surface area (Å²) < 4.78 is 2.45. The Morgan fingerprint density at radius 3 is 1.73 bits per heavy atom. The SMILES string of the molecule is C1=Cc2cc3c(-c4cccs4)c(-c4cccs4)c(c(-c4cccs4)c4nc(cc5ccc(cc1n2)[nH]5)C=C4)n3-c1cccs1. The number of nitrogens with zero attached hydrogens (tertiary/aromatic N) is 3. The molecular weight excluding hydrogens is 617 g/mol. The van der Waals surface area contributed by atoms with Gasteiger partial charge in [-0.15, -0.1) is 45.3 Å². The number of hydrogen-bond donors (Lipinski definition) is 1. The van der Waals surface area contributed by atoms with E-state index in [2.05, 4.69) is 134 Å². The van der Waals surface area contributed by atoms with Gasteiger partial charge in [0.25, 0.3) is 0 Å². The van der Waals surface area contributed by atoms with E-state index in [0.717, 1.165) is 55.4 Å². The van der Waals surface area contributed by atoms with E-state index in [-0.39, 0.29) is 0 Å². The molecule has 210 valence electrons. The Bertz CT molecular complexity index is 2370. The van der Waals surface area contributed by atoms with Crippen LogP contribution in [0.25, 0.3) is 82.7 Å². The third kappa shape index (κ3) is 4.38. The molecule has 0 atom stereocenters. The van der Waals surface area contributed by atoms with E-state index in [0.29, 0.717) is 0 Å². The lowest BCUT2D eigenvalue weighted by Gasteiger charge is -2.10. The lowest BCUT2D eigenvalue weighted by atomic mass is 10.0. The molecule has 4 nitrogen and oxygen atoms in total. The van der Waals surface area contributed by atoms with Crippen LogP contribution in [0, 0.1) is 0 Å². The number of fused-ring (bicyclic) bond motifs is 8. The lowest BCUT2D eigenvalue weighted by Crippen LogP contribution is -1.94. The third-order valence-corrected chi connectivity index (χ3v) is 11.2. The highest BCUT2D eigenvalue weighted by molar-refractivity contribution is 7.15. The van der Waals surface area contributed by atoms with Crippen LogP contribution in [-0.2, 0) is 0 Å². The number of nitrogens with one attached hydrogen (secondary N) is 1. The van der Waals surface area contributed by atoms with E-state index in [1.165, 1.54) is 25.8 Å². The van der Waals surface area contributed by atoms with Crippen molar-refractivity contribution in [2.45, 2.75) is 0 Å². The van der Waals surface area contributed by atoms with Gasteiger partial charge in [0.05, 0.1) is 38.8 Å². The normalized spacial score (nSPS) is 12.4. The van der Waals surface area contributed by atoms with E-state index < -0.39 is 0 Å². The molecule has 2 aliphatic heterocycles. The van der Waals surface area contributed by atoms with Crippen LogP contribution in [0.5, 0.6) is 0 Å². The van der Waals surface area contributed by atoms with Crippen molar-refractivity contribution in [1.82, 2.24) is 19.5 Å². The molecule has 8 heteroatoms. The lowest BCUT2D eigenvalue weighted by molar-refractivity contribution is 1.21. The van der Waals surface area contributed by atoms with E-state index >= 15 is 0 Å². The fourth-order valence-electron chi connectivity index (χ4n) is 5.92. The van der Waals surface area contributed by atoms with Crippen molar-refractivity contribution in [3.8, 4) is 36.3 Å². The number of hydrogen-bond acceptors (Lipinski definition) is 6. The Labute approximate surface area is 269 Å². The van der Waals surface area contributed by atoms with Gasteiger partial charge in [-0.25, -0.2) is 9.97 Å². The summed E-state index contributed by atoms with van der Waals surface area (Å²) in [5.74, 6) is 0. The maximum Gasteiger partial charge on any atom is 0.1000 e. The monoisotopic (exact) mass is 638 g/mol. The fraction of sp³-hybridized carbons (Fsp3) is 0. The Balaban J connectivity index is 1.60. The number of aromatic nitrogens is 4. The zero-order valence-electron chi connectivity index (χ0n) is 23.1. The molecule has 7 aromatic heterocycles. The molecule has 2 aliphatic rings. The van der Waals surface area contributed by atoms with Gasteiger partial charge >= 0.3 is 0 Å². The molecule has 0 aliphatic carbocycles. The van der Waals surface area contributed by atoms with Gasteiger partial charge in [-0.1, -0.05) is 18.2 Å². The summed E-state index contributed by atoms with van der Waals surface area (Å²) in [6, 6.07) is 28.1. The first kappa shape index (κ1) is 25.9. The Morgan fingerprint density at radius 2 is 1.09 bits per heavy atom. The highest BCUT2D eigenvalue weighted by atomic mass is 32.1. The van der Waals surface area contributed by atoms with Crippen LogP contribution in [0.15, 0.2) is 100 Å². The summed E-state index contributed by atoms with van der Waals surface area (Å²) in [4.78, 5) is 17.4. The first-order valence-electron chi connectivity index (χ1n) is 14.1. The van der Waals surface area contributed by atoms with Gasteiger partial charge < -0.3 is 4.98 Å². The second-order valence-electron chi connectivity index (χ2n) is 10.4. The van der Waals surface area contributed by atoms with Gasteiger partial charge in [-0.05, 0) is 106 Å². The van der Waals surface area contributed by atoms with Crippen molar-refractivity contribution in [3.63, 3.8) is 0 Å². The first-order chi connectivity index (χ1) is 21.8. The van der Waals surface area contributed by atoms with Crippen molar-refractivity contribution in [2.24, 2.45) is 0 Å². The minimum absolute atomic E-state index is 0.917. The maximum absolute atomic E-state index is 5.25. The Kier molecular flexibility index (Phi) is 6.19. The van der Waals surface area contributed by atoms with E-state index in [4.69, 9.17) is 9.97 Å². The number of rotatable bonds is 4. The maximum atomic E-state index is 5.25. The van der Waals surface area contributed by atoms with Gasteiger partial charge in [-0.2, -0.15) is 0 Å². The summed E-state index contributed by atoms with van der Waals surface area (Å²) >= 11 is 7.05. The summed E-state index contributed by atoms with van der Waals surface area (Å²) in [5, 5.41) is 9.79. The van der Waals surface area contributed by atoms with Gasteiger partial charge in [-0.3, -0.25) is 4.57 Å². The Hall–Kier alpha value is -4.60. The average molecular weight is 639 g/mol. The standard InChI is InChI=1S/C36H22N4S4/c1-5-29(41-15-1)33-27-14-13-25(39-27)20-24-10-9-22(37-24)19-23-11-12-26(38-23)21-28-34(30-6-2-16-42-30)35(31-7-3-17-43-31)36(33)40(28)32-8-4-18-44-32/h1-21,37H. The van der Waals surface area contributed by atoms with Crippen molar-refractivity contribution < 1.29 is 0 Å². The number of aromatic amines is 1. The van der Waals surface area contributed by atoms with Gasteiger partial charge in [0.15, 0.2) is 0 Å². The quantitative estimate of drug-likeness (QED) is 0.208. The van der Waals surface area contributed by atoms with E-state index in [1.807, 2.05) is 0 Å². The molecule has 0 amide bonds. The molecule has 7 aromatic rings. The largest absolute Gasteiger partial charge is 0.355 e. The molecule has 0 fully saturated rings. The number of thiophene rings is 4. The van der Waals surface area contributed by atoms with Crippen LogP contribution >= 0.6 is 45.3 Å². The van der Waals surface area contributed by atoms with Crippen LogP contribution in [0.3, 0.4) is 0 Å². The molecule has 9 heterocycles. The minimum Gasteiger partial charge on any atom is -0.355 e. The van der Waals surface area contributed by atoms with Crippen molar-refractivity contribution in [1.29, 1.82) is 0 Å². The molecule has 44 heavy (non-hydrogen) atoms. The number of H-pyrrole nitrogens is 1. The van der Waals surface area contributed by atoms with Crippen LogP contribution in [0.2, 0.25) is 0 Å². The summed E-state index contributed by atoms with van der Waals surface area (Å²) in [6.07, 6.45) is 8.49. The molecule has 0 saturated heterocycles. The topological polar surface area (TPSA) is 46.5 Å². The van der Waals surface area contributed by atoms with Crippen LogP contribution < -0.4 is 0 Å². The van der Waals surface area contributed by atoms with Crippen LogP contribution in [-0.4, -0.2) is 19.5 Å². The molecule has 0 radical (unpaired) electrons. The molecule has 9 rings (SSSR count). The van der Waals surface area contributed by atoms with Gasteiger partial charge in [0.2, 0.25) is 0 Å². The molecular formula is C36H22N4S4. The predicted octanol–water partition coefficient (Wildman–Crippen LogP) is 11.4. The molecule has 0 aromatic carbocycles. The van der Waals surface area contributed by atoms with Gasteiger partial charge in [0, 0.05) is 42.4 Å². The average Bonchev–Trinajstić information content (AvgIpc) is 3.87. The zero-order chi connectivity index (χ0) is 29.0. The summed E-state index contributed by atoms with van der Waals surface area (Å²) in [7, 11) is 0. The fourth-order valence-corrected chi connectivity index (χ4v) is 9.01. The van der Waals surface area contributed by atoms with E-state index in [9.17, 15) is 0 Å². The van der Waals surface area contributed by atoms with Crippen molar-refractivity contribution in [2.75, 3.05) is 0 Å². The van der Waals surface area contributed by atoms with Crippen molar-refractivity contribution >= 4 is 91.7 Å². The highest BCUT2D eigenvalue weighted by Crippen LogP contribution is 2.50. The first-order valence-corrected chi connectivity index (χ1v) is 17.6. The smallest absolute Gasteiger partial charge is 0.1000 e. The minimum atomic E-state index is 0.917. The molecule has 1 N–H and O–H groups in total. The van der Waals surface area contributed by atoms with Crippen LogP contribution in [0.4, 0.5) is 0 Å². The van der Waals surface area contributed by atoms with E-state index in [1.54, 1.807) is 45.3 Å². The second-order valence-corrected chi connectivity index (χ2v) is 14.2.